The quantitative estimate of drug-likeness (QED) is 0.621. The number of anilines is 1. The van der Waals surface area contributed by atoms with Crippen LogP contribution in [0.3, 0.4) is 0 Å². The highest BCUT2D eigenvalue weighted by atomic mass is 16.5. The lowest BCUT2D eigenvalue weighted by atomic mass is 10.1. The molecule has 1 saturated heterocycles. The zero-order valence-electron chi connectivity index (χ0n) is 17.1. The van der Waals surface area contributed by atoms with Crippen LogP contribution < -0.4 is 4.90 Å². The number of pyridine rings is 1. The van der Waals surface area contributed by atoms with E-state index >= 15 is 0 Å². The van der Waals surface area contributed by atoms with Gasteiger partial charge in [-0.05, 0) is 31.5 Å². The third kappa shape index (κ3) is 3.99. The highest BCUT2D eigenvalue weighted by molar-refractivity contribution is 6.05. The average Bonchev–Trinajstić information content (AvgIpc) is 3.04. The summed E-state index contributed by atoms with van der Waals surface area (Å²) in [6.07, 6.45) is 2.42. The number of hydrogen-bond donors (Lipinski definition) is 0. The summed E-state index contributed by atoms with van der Waals surface area (Å²) in [4.78, 5) is 34.1. The van der Waals surface area contributed by atoms with Crippen molar-refractivity contribution in [2.45, 2.75) is 13.3 Å². The molecule has 1 aliphatic heterocycles. The van der Waals surface area contributed by atoms with E-state index in [1.165, 1.54) is 0 Å². The predicted molar refractivity (Wildman–Crippen MR) is 117 cm³/mol. The van der Waals surface area contributed by atoms with Crippen molar-refractivity contribution in [2.24, 2.45) is 0 Å². The van der Waals surface area contributed by atoms with E-state index in [0.29, 0.717) is 37.4 Å². The van der Waals surface area contributed by atoms with Crippen LogP contribution in [-0.4, -0.2) is 54.5 Å². The first kappa shape index (κ1) is 19.9. The predicted octanol–water partition coefficient (Wildman–Crippen LogP) is 3.76. The molecule has 4 rings (SSSR count). The number of amides is 1. The van der Waals surface area contributed by atoms with Gasteiger partial charge in [0.05, 0.1) is 17.8 Å². The number of carbonyl (C=O) groups is 2. The molecule has 0 unspecified atom stereocenters. The van der Waals surface area contributed by atoms with Crippen molar-refractivity contribution in [1.82, 2.24) is 9.88 Å². The van der Waals surface area contributed by atoms with E-state index in [0.717, 1.165) is 29.6 Å². The van der Waals surface area contributed by atoms with E-state index in [-0.39, 0.29) is 11.9 Å². The number of aromatic nitrogens is 1. The second kappa shape index (κ2) is 8.95. The summed E-state index contributed by atoms with van der Waals surface area (Å²) in [6, 6.07) is 17.2. The van der Waals surface area contributed by atoms with Crippen molar-refractivity contribution in [2.75, 3.05) is 37.7 Å². The molecule has 0 atom stereocenters. The molecule has 0 aliphatic carbocycles. The molecule has 0 bridgehead atoms. The minimum atomic E-state index is -0.368. The van der Waals surface area contributed by atoms with Crippen molar-refractivity contribution in [3.8, 4) is 0 Å². The number of nitrogens with zero attached hydrogens (tertiary/aromatic N) is 3. The van der Waals surface area contributed by atoms with Gasteiger partial charge in [-0.1, -0.05) is 36.4 Å². The minimum Gasteiger partial charge on any atom is -0.462 e. The van der Waals surface area contributed by atoms with Crippen molar-refractivity contribution in [3.05, 3.63) is 71.9 Å². The fourth-order valence-corrected chi connectivity index (χ4v) is 3.93. The van der Waals surface area contributed by atoms with Crippen molar-refractivity contribution in [3.63, 3.8) is 0 Å². The maximum absolute atomic E-state index is 12.9. The Morgan fingerprint density at radius 3 is 2.53 bits per heavy atom. The molecule has 0 spiro atoms. The van der Waals surface area contributed by atoms with Crippen molar-refractivity contribution in [1.29, 1.82) is 0 Å². The lowest BCUT2D eigenvalue weighted by molar-refractivity contribution is 0.0526. The van der Waals surface area contributed by atoms with Gasteiger partial charge in [-0.3, -0.25) is 9.78 Å². The molecule has 2 heterocycles. The smallest absolute Gasteiger partial charge is 0.341 e. The molecular weight excluding hydrogens is 378 g/mol. The fraction of sp³-hybridized carbons (Fsp3) is 0.292. The third-order valence-corrected chi connectivity index (χ3v) is 5.36. The zero-order valence-corrected chi connectivity index (χ0v) is 17.1. The van der Waals surface area contributed by atoms with Crippen LogP contribution in [0.15, 0.2) is 60.8 Å². The molecule has 30 heavy (non-hydrogen) atoms. The van der Waals surface area contributed by atoms with Crippen LogP contribution in [0.25, 0.3) is 10.9 Å². The number of benzene rings is 2. The van der Waals surface area contributed by atoms with E-state index in [1.807, 2.05) is 59.5 Å². The lowest BCUT2D eigenvalue weighted by Gasteiger charge is -2.26. The SMILES string of the molecule is CCOC(=O)c1cnc2ccccc2c1N1CCCN(C(=O)c2ccccc2)CC1. The molecule has 3 aromatic rings. The molecule has 2 aromatic carbocycles. The van der Waals surface area contributed by atoms with Gasteiger partial charge in [0.2, 0.25) is 0 Å². The molecule has 1 fully saturated rings. The number of esters is 1. The van der Waals surface area contributed by atoms with Crippen LogP contribution in [0.4, 0.5) is 5.69 Å². The number of fused-ring (bicyclic) bond motifs is 1. The van der Waals surface area contributed by atoms with Gasteiger partial charge in [-0.15, -0.1) is 0 Å². The summed E-state index contributed by atoms with van der Waals surface area (Å²) in [5.74, 6) is -0.324. The number of para-hydroxylation sites is 1. The number of rotatable bonds is 4. The summed E-state index contributed by atoms with van der Waals surface area (Å²) >= 11 is 0. The Hall–Kier alpha value is -3.41. The van der Waals surface area contributed by atoms with E-state index in [9.17, 15) is 9.59 Å². The van der Waals surface area contributed by atoms with Crippen LogP contribution in [0.5, 0.6) is 0 Å². The Balaban J connectivity index is 1.64. The largest absolute Gasteiger partial charge is 0.462 e. The highest BCUT2D eigenvalue weighted by Gasteiger charge is 2.25. The average molecular weight is 403 g/mol. The van der Waals surface area contributed by atoms with Crippen LogP contribution >= 0.6 is 0 Å². The van der Waals surface area contributed by atoms with Gasteiger partial charge in [0.15, 0.2) is 0 Å². The topological polar surface area (TPSA) is 62.7 Å². The molecule has 6 heteroatoms. The molecule has 154 valence electrons. The Kier molecular flexibility index (Phi) is 5.93. The Bertz CT molecular complexity index is 1050. The standard InChI is InChI=1S/C24H25N3O3/c1-2-30-24(29)20-17-25-21-12-7-6-11-19(21)22(20)26-13-8-14-27(16-15-26)23(28)18-9-4-3-5-10-18/h3-7,9-12,17H,2,8,13-16H2,1H3. The first-order chi connectivity index (χ1) is 14.7. The van der Waals surface area contributed by atoms with Crippen LogP contribution in [0.1, 0.15) is 34.1 Å². The van der Waals surface area contributed by atoms with E-state index < -0.39 is 0 Å². The summed E-state index contributed by atoms with van der Waals surface area (Å²) in [7, 11) is 0. The van der Waals surface area contributed by atoms with Gasteiger partial charge in [0.25, 0.3) is 5.91 Å². The first-order valence-electron chi connectivity index (χ1n) is 10.3. The van der Waals surface area contributed by atoms with E-state index in [2.05, 4.69) is 9.88 Å². The van der Waals surface area contributed by atoms with Gasteiger partial charge in [0.1, 0.15) is 5.56 Å². The third-order valence-electron chi connectivity index (χ3n) is 5.36. The Morgan fingerprint density at radius 1 is 0.967 bits per heavy atom. The fourth-order valence-electron chi connectivity index (χ4n) is 3.93. The maximum atomic E-state index is 12.9. The molecule has 6 nitrogen and oxygen atoms in total. The van der Waals surface area contributed by atoms with Gasteiger partial charge >= 0.3 is 5.97 Å². The number of hydrogen-bond acceptors (Lipinski definition) is 5. The van der Waals surface area contributed by atoms with Crippen LogP contribution in [0.2, 0.25) is 0 Å². The second-order valence-corrected chi connectivity index (χ2v) is 7.26. The minimum absolute atomic E-state index is 0.0441. The summed E-state index contributed by atoms with van der Waals surface area (Å²) in [5.41, 5.74) is 2.85. The summed E-state index contributed by atoms with van der Waals surface area (Å²) < 4.78 is 5.29. The Labute approximate surface area is 176 Å². The summed E-state index contributed by atoms with van der Waals surface area (Å²) in [5, 5.41) is 0.922. The molecule has 0 N–H and O–H groups in total. The second-order valence-electron chi connectivity index (χ2n) is 7.26. The first-order valence-corrected chi connectivity index (χ1v) is 10.3. The van der Waals surface area contributed by atoms with Gasteiger partial charge in [-0.25, -0.2) is 4.79 Å². The molecular formula is C24H25N3O3. The molecule has 0 radical (unpaired) electrons. The number of carbonyl (C=O) groups excluding carboxylic acids is 2. The monoisotopic (exact) mass is 403 g/mol. The van der Waals surface area contributed by atoms with Gasteiger partial charge in [0, 0.05) is 43.3 Å². The van der Waals surface area contributed by atoms with Gasteiger partial charge in [-0.2, -0.15) is 0 Å². The highest BCUT2D eigenvalue weighted by Crippen LogP contribution is 2.31. The van der Waals surface area contributed by atoms with Gasteiger partial charge < -0.3 is 14.5 Å². The van der Waals surface area contributed by atoms with E-state index in [4.69, 9.17) is 4.74 Å². The maximum Gasteiger partial charge on any atom is 0.341 e. The van der Waals surface area contributed by atoms with Crippen molar-refractivity contribution < 1.29 is 14.3 Å². The number of ether oxygens (including phenoxy) is 1. The zero-order chi connectivity index (χ0) is 20.9. The van der Waals surface area contributed by atoms with Crippen LogP contribution in [0, 0.1) is 0 Å². The molecule has 1 amide bonds. The van der Waals surface area contributed by atoms with Crippen molar-refractivity contribution >= 4 is 28.5 Å². The summed E-state index contributed by atoms with van der Waals surface area (Å²) in [6.45, 7) is 4.77. The molecule has 1 aromatic heterocycles. The molecule has 0 saturated carbocycles. The Morgan fingerprint density at radius 2 is 1.73 bits per heavy atom. The van der Waals surface area contributed by atoms with Crippen LogP contribution in [-0.2, 0) is 4.74 Å². The normalized spacial score (nSPS) is 14.4. The molecule has 1 aliphatic rings. The van der Waals surface area contributed by atoms with E-state index in [1.54, 1.807) is 13.1 Å². The lowest BCUT2D eigenvalue weighted by Crippen LogP contribution is -2.35.